The Labute approximate surface area is 95.4 Å². The molecule has 1 aliphatic carbocycles. The van der Waals surface area contributed by atoms with Crippen LogP contribution in [0.1, 0.15) is 27.2 Å². The first-order valence-corrected chi connectivity index (χ1v) is 4.04. The molecule has 0 aromatic heterocycles. The minimum absolute atomic E-state index is 0. The molecule has 0 heterocycles. The average molecular weight is 229 g/mol. The van der Waals surface area contributed by atoms with Crippen molar-refractivity contribution < 1.29 is 32.7 Å². The van der Waals surface area contributed by atoms with E-state index in [-0.39, 0.29) is 32.7 Å². The van der Waals surface area contributed by atoms with Crippen molar-refractivity contribution in [1.82, 2.24) is 0 Å². The smallest absolute Gasteiger partial charge is 0 e. The summed E-state index contributed by atoms with van der Waals surface area (Å²) in [4.78, 5) is 0. The number of nitrogens with two attached hydrogens (primary N) is 1. The molecule has 0 aliphatic heterocycles. The molecular weight excluding hydrogens is 211 g/mol. The van der Waals surface area contributed by atoms with Crippen molar-refractivity contribution in [3.05, 3.63) is 6.92 Å². The Kier molecular flexibility index (Phi) is 4.22. The van der Waals surface area contributed by atoms with E-state index < -0.39 is 0 Å². The van der Waals surface area contributed by atoms with E-state index in [1.54, 1.807) is 0 Å². The second-order valence-electron chi connectivity index (χ2n) is 4.35. The largest absolute Gasteiger partial charge is 0.338 e. The summed E-state index contributed by atoms with van der Waals surface area (Å²) in [6.07, 6.45) is 1.22. The van der Waals surface area contributed by atoms with Gasteiger partial charge >= 0.3 is 0 Å². The van der Waals surface area contributed by atoms with E-state index in [9.17, 15) is 0 Å². The monoisotopic (exact) mass is 229 g/mol. The molecule has 0 saturated heterocycles. The van der Waals surface area contributed by atoms with Crippen molar-refractivity contribution in [2.45, 2.75) is 33.2 Å². The van der Waals surface area contributed by atoms with Gasteiger partial charge in [-0.25, -0.2) is 0 Å². The van der Waals surface area contributed by atoms with Crippen LogP contribution in [0.25, 0.3) is 0 Å². The molecule has 3 atom stereocenters. The van der Waals surface area contributed by atoms with Crippen molar-refractivity contribution in [2.24, 2.45) is 23.0 Å². The van der Waals surface area contributed by atoms with Gasteiger partial charge in [0.05, 0.1) is 0 Å². The quantitative estimate of drug-likeness (QED) is 0.630. The van der Waals surface area contributed by atoms with E-state index in [0.29, 0.717) is 23.3 Å². The molecule has 0 bridgehead atoms. The molecule has 1 saturated carbocycles. The van der Waals surface area contributed by atoms with Crippen LogP contribution in [0.4, 0.5) is 0 Å². The standard InChI is InChI=1S/C9H18N.Y/c1-6-5-9(3,4)7(2)8(6)10;/h6-8H,2,5,10H2,1,3-4H3;/q-1;. The molecule has 0 aromatic carbocycles. The van der Waals surface area contributed by atoms with E-state index in [1.807, 2.05) is 0 Å². The molecule has 1 fully saturated rings. The molecule has 2 N–H and O–H groups in total. The van der Waals surface area contributed by atoms with Crippen LogP contribution in [0.3, 0.4) is 0 Å². The molecule has 3 unspecified atom stereocenters. The van der Waals surface area contributed by atoms with E-state index in [1.165, 1.54) is 6.42 Å². The molecule has 1 nitrogen and oxygen atoms in total. The van der Waals surface area contributed by atoms with Crippen LogP contribution in [0, 0.1) is 24.2 Å². The first-order chi connectivity index (χ1) is 4.45. The van der Waals surface area contributed by atoms with Crippen LogP contribution >= 0.6 is 0 Å². The maximum Gasteiger partial charge on any atom is 0 e. The Morgan fingerprint density at radius 1 is 1.45 bits per heavy atom. The molecule has 0 spiro atoms. The fraction of sp³-hybridized carbons (Fsp3) is 0.889. The Morgan fingerprint density at radius 2 is 1.91 bits per heavy atom. The summed E-state index contributed by atoms with van der Waals surface area (Å²) in [5, 5.41) is 0. The van der Waals surface area contributed by atoms with Gasteiger partial charge in [-0.1, -0.05) is 26.2 Å². The molecular formula is C9H18NY-. The van der Waals surface area contributed by atoms with Crippen LogP contribution in [0.5, 0.6) is 0 Å². The SMILES string of the molecule is [CH2-]C1C(N)C(C)CC1(C)C.[Y]. The van der Waals surface area contributed by atoms with Gasteiger partial charge in [-0.05, 0) is 18.4 Å². The first kappa shape index (κ1) is 12.1. The Balaban J connectivity index is 0.000001000. The van der Waals surface area contributed by atoms with Gasteiger partial charge < -0.3 is 12.7 Å². The maximum atomic E-state index is 5.93. The van der Waals surface area contributed by atoms with Crippen LogP contribution in [-0.4, -0.2) is 6.04 Å². The Morgan fingerprint density at radius 3 is 2.00 bits per heavy atom. The molecule has 1 aliphatic rings. The minimum Gasteiger partial charge on any atom is -0.338 e. The summed E-state index contributed by atoms with van der Waals surface area (Å²) in [7, 11) is 0. The molecule has 63 valence electrons. The van der Waals surface area contributed by atoms with Gasteiger partial charge in [-0.3, -0.25) is 0 Å². The summed E-state index contributed by atoms with van der Waals surface area (Å²) < 4.78 is 0. The van der Waals surface area contributed by atoms with Crippen LogP contribution in [0.2, 0.25) is 0 Å². The van der Waals surface area contributed by atoms with Gasteiger partial charge in [0, 0.05) is 32.7 Å². The van der Waals surface area contributed by atoms with Gasteiger partial charge in [0.15, 0.2) is 0 Å². The fourth-order valence-corrected chi connectivity index (χ4v) is 2.03. The zero-order chi connectivity index (χ0) is 7.94. The van der Waals surface area contributed by atoms with E-state index >= 15 is 0 Å². The summed E-state index contributed by atoms with van der Waals surface area (Å²) in [5.41, 5.74) is 6.29. The van der Waals surface area contributed by atoms with Gasteiger partial charge in [0.2, 0.25) is 0 Å². The van der Waals surface area contributed by atoms with Gasteiger partial charge in [-0.2, -0.15) is 0 Å². The van der Waals surface area contributed by atoms with E-state index in [2.05, 4.69) is 27.7 Å². The normalized spacial score (nSPS) is 41.7. The summed E-state index contributed by atoms with van der Waals surface area (Å²) in [6, 6.07) is 0.315. The van der Waals surface area contributed by atoms with Crippen molar-refractivity contribution in [1.29, 1.82) is 0 Å². The predicted molar refractivity (Wildman–Crippen MR) is 44.4 cm³/mol. The third-order valence-electron chi connectivity index (χ3n) is 2.97. The van der Waals surface area contributed by atoms with Crippen LogP contribution < -0.4 is 5.73 Å². The third-order valence-corrected chi connectivity index (χ3v) is 2.97. The van der Waals surface area contributed by atoms with Crippen LogP contribution in [0.15, 0.2) is 0 Å². The zero-order valence-electron chi connectivity index (χ0n) is 7.80. The third kappa shape index (κ3) is 2.26. The van der Waals surface area contributed by atoms with Crippen molar-refractivity contribution in [2.75, 3.05) is 0 Å². The Bertz CT molecular complexity index is 134. The maximum absolute atomic E-state index is 5.93. The summed E-state index contributed by atoms with van der Waals surface area (Å²) in [6.45, 7) is 10.8. The van der Waals surface area contributed by atoms with Gasteiger partial charge in [0.1, 0.15) is 0 Å². The molecule has 0 aromatic rings. The Hall–Kier alpha value is 1.06. The van der Waals surface area contributed by atoms with E-state index in [4.69, 9.17) is 5.73 Å². The average Bonchev–Trinajstić information content (AvgIpc) is 1.95. The number of hydrogen-bond donors (Lipinski definition) is 1. The fourth-order valence-electron chi connectivity index (χ4n) is 2.03. The van der Waals surface area contributed by atoms with Gasteiger partial charge in [0.25, 0.3) is 0 Å². The van der Waals surface area contributed by atoms with Crippen molar-refractivity contribution in [3.8, 4) is 0 Å². The molecule has 11 heavy (non-hydrogen) atoms. The number of rotatable bonds is 0. The van der Waals surface area contributed by atoms with E-state index in [0.717, 1.165) is 0 Å². The second kappa shape index (κ2) is 3.85. The molecule has 2 heteroatoms. The first-order valence-electron chi connectivity index (χ1n) is 4.04. The van der Waals surface area contributed by atoms with Crippen molar-refractivity contribution in [3.63, 3.8) is 0 Å². The topological polar surface area (TPSA) is 26.0 Å². The predicted octanol–water partition coefficient (Wildman–Crippen LogP) is 1.83. The second-order valence-corrected chi connectivity index (χ2v) is 4.35. The number of hydrogen-bond acceptors (Lipinski definition) is 1. The zero-order valence-corrected chi connectivity index (χ0v) is 10.6. The summed E-state index contributed by atoms with van der Waals surface area (Å²) >= 11 is 0. The van der Waals surface area contributed by atoms with Gasteiger partial charge in [-0.15, -0.1) is 5.92 Å². The molecule has 0 amide bonds. The van der Waals surface area contributed by atoms with Crippen molar-refractivity contribution >= 4 is 0 Å². The van der Waals surface area contributed by atoms with Crippen LogP contribution in [-0.2, 0) is 32.7 Å². The molecule has 1 radical (unpaired) electrons. The molecule has 1 rings (SSSR count). The summed E-state index contributed by atoms with van der Waals surface area (Å²) in [5.74, 6) is 1.08. The minimum atomic E-state index is 0.